The van der Waals surface area contributed by atoms with Crippen molar-refractivity contribution in [3.8, 4) is 0 Å². The summed E-state index contributed by atoms with van der Waals surface area (Å²) in [4.78, 5) is 13.5. The minimum absolute atomic E-state index is 0.000440. The Balaban J connectivity index is 1.61. The normalized spacial score (nSPS) is 11.2. The van der Waals surface area contributed by atoms with Crippen molar-refractivity contribution in [1.82, 2.24) is 0 Å². The Morgan fingerprint density at radius 1 is 1.00 bits per heavy atom. The van der Waals surface area contributed by atoms with Crippen LogP contribution in [0.1, 0.15) is 15.9 Å². The fourth-order valence-corrected chi connectivity index (χ4v) is 5.25. The predicted octanol–water partition coefficient (Wildman–Crippen LogP) is 4.95. The van der Waals surface area contributed by atoms with Gasteiger partial charge in [-0.1, -0.05) is 29.8 Å². The average molecular weight is 430 g/mol. The van der Waals surface area contributed by atoms with Crippen molar-refractivity contribution >= 4 is 33.2 Å². The second-order valence-corrected chi connectivity index (χ2v) is 9.75. The van der Waals surface area contributed by atoms with Gasteiger partial charge in [-0.25, -0.2) is 12.8 Å². The summed E-state index contributed by atoms with van der Waals surface area (Å²) in [5.74, 6) is -0.418. The van der Waals surface area contributed by atoms with Gasteiger partial charge in [0.2, 0.25) is 0 Å². The van der Waals surface area contributed by atoms with E-state index in [2.05, 4.69) is 5.32 Å². The molecule has 4 nitrogen and oxygen atoms in total. The summed E-state index contributed by atoms with van der Waals surface area (Å²) in [5, 5.41) is 2.65. The van der Waals surface area contributed by atoms with E-state index in [0.717, 1.165) is 10.5 Å². The minimum atomic E-state index is -3.35. The van der Waals surface area contributed by atoms with Crippen LogP contribution in [0.5, 0.6) is 0 Å². The van der Waals surface area contributed by atoms with Crippen molar-refractivity contribution in [3.63, 3.8) is 0 Å². The van der Waals surface area contributed by atoms with Crippen LogP contribution in [0.15, 0.2) is 82.6 Å². The van der Waals surface area contributed by atoms with Crippen molar-refractivity contribution in [3.05, 3.63) is 89.7 Å². The highest BCUT2D eigenvalue weighted by atomic mass is 32.2. The number of nitrogens with one attached hydrogen (secondary N) is 1. The van der Waals surface area contributed by atoms with Crippen LogP contribution in [0.3, 0.4) is 0 Å². The average Bonchev–Trinajstić information content (AvgIpc) is 2.68. The molecule has 0 atom stereocenters. The summed E-state index contributed by atoms with van der Waals surface area (Å²) in [6.07, 6.45) is 0. The van der Waals surface area contributed by atoms with Gasteiger partial charge >= 0.3 is 0 Å². The third kappa shape index (κ3) is 5.92. The SMILES string of the molecule is Cc1ccc(S(=O)(=O)CCSc2cccc(C(=O)Nc3cccc(F)c3)c2)cc1. The summed E-state index contributed by atoms with van der Waals surface area (Å²) in [5.41, 5.74) is 1.80. The molecule has 0 aromatic heterocycles. The van der Waals surface area contributed by atoms with Crippen LogP contribution in [0.25, 0.3) is 0 Å². The molecule has 0 heterocycles. The number of benzene rings is 3. The molecule has 3 aromatic carbocycles. The van der Waals surface area contributed by atoms with Crippen molar-refractivity contribution in [1.29, 1.82) is 0 Å². The largest absolute Gasteiger partial charge is 0.322 e. The number of hydrogen-bond acceptors (Lipinski definition) is 4. The van der Waals surface area contributed by atoms with Crippen LogP contribution in [-0.4, -0.2) is 25.8 Å². The fourth-order valence-electron chi connectivity index (χ4n) is 2.63. The quantitative estimate of drug-likeness (QED) is 0.540. The Morgan fingerprint density at radius 2 is 1.72 bits per heavy atom. The zero-order valence-corrected chi connectivity index (χ0v) is 17.4. The molecule has 0 saturated carbocycles. The molecule has 150 valence electrons. The molecule has 0 fully saturated rings. The number of rotatable bonds is 7. The molecule has 1 amide bonds. The van der Waals surface area contributed by atoms with Gasteiger partial charge < -0.3 is 5.32 Å². The van der Waals surface area contributed by atoms with E-state index in [4.69, 9.17) is 0 Å². The molecule has 7 heteroatoms. The van der Waals surface area contributed by atoms with Gasteiger partial charge in [-0.2, -0.15) is 0 Å². The van der Waals surface area contributed by atoms with Crippen LogP contribution in [0, 0.1) is 12.7 Å². The molecule has 0 radical (unpaired) electrons. The Morgan fingerprint density at radius 3 is 2.45 bits per heavy atom. The fraction of sp³-hybridized carbons (Fsp3) is 0.136. The molecule has 29 heavy (non-hydrogen) atoms. The first-order valence-electron chi connectivity index (χ1n) is 8.93. The van der Waals surface area contributed by atoms with E-state index in [9.17, 15) is 17.6 Å². The Hall–Kier alpha value is -2.64. The van der Waals surface area contributed by atoms with Crippen LogP contribution in [0.4, 0.5) is 10.1 Å². The topological polar surface area (TPSA) is 63.2 Å². The highest BCUT2D eigenvalue weighted by Gasteiger charge is 2.14. The standard InChI is InChI=1S/C22H20FNO3S2/c1-16-8-10-21(11-9-16)29(26,27)13-12-28-20-7-2-4-17(14-20)22(25)24-19-6-3-5-18(23)15-19/h2-11,14-15H,12-13H2,1H3,(H,24,25). The van der Waals surface area contributed by atoms with E-state index >= 15 is 0 Å². The van der Waals surface area contributed by atoms with E-state index < -0.39 is 15.7 Å². The summed E-state index contributed by atoms with van der Waals surface area (Å²) < 4.78 is 38.1. The lowest BCUT2D eigenvalue weighted by Gasteiger charge is -2.08. The molecule has 3 rings (SSSR count). The Bertz CT molecular complexity index is 1110. The number of amides is 1. The third-order valence-electron chi connectivity index (χ3n) is 4.18. The lowest BCUT2D eigenvalue weighted by atomic mass is 10.2. The third-order valence-corrected chi connectivity index (χ3v) is 7.17. The van der Waals surface area contributed by atoms with Gasteiger partial charge in [0.25, 0.3) is 5.91 Å². The van der Waals surface area contributed by atoms with E-state index in [1.54, 1.807) is 48.5 Å². The number of sulfone groups is 1. The van der Waals surface area contributed by atoms with E-state index in [0.29, 0.717) is 21.9 Å². The summed E-state index contributed by atoms with van der Waals surface area (Å²) in [7, 11) is -3.35. The van der Waals surface area contributed by atoms with Gasteiger partial charge in [0, 0.05) is 21.9 Å². The first kappa shape index (κ1) is 21.1. The second kappa shape index (κ2) is 9.24. The van der Waals surface area contributed by atoms with Crippen LogP contribution >= 0.6 is 11.8 Å². The van der Waals surface area contributed by atoms with Gasteiger partial charge in [-0.15, -0.1) is 11.8 Å². The maximum atomic E-state index is 13.3. The molecule has 0 spiro atoms. The maximum Gasteiger partial charge on any atom is 0.255 e. The van der Waals surface area contributed by atoms with Crippen LogP contribution < -0.4 is 5.32 Å². The molecule has 0 aliphatic carbocycles. The van der Waals surface area contributed by atoms with Gasteiger partial charge in [0.15, 0.2) is 9.84 Å². The second-order valence-electron chi connectivity index (χ2n) is 6.47. The molecular weight excluding hydrogens is 409 g/mol. The van der Waals surface area contributed by atoms with Gasteiger partial charge in [0.05, 0.1) is 10.6 Å². The molecule has 1 N–H and O–H groups in total. The number of aryl methyl sites for hydroxylation is 1. The number of hydrogen-bond donors (Lipinski definition) is 1. The summed E-state index contributed by atoms with van der Waals surface area (Å²) in [6.45, 7) is 1.91. The van der Waals surface area contributed by atoms with Crippen molar-refractivity contribution in [2.75, 3.05) is 16.8 Å². The molecule has 0 aliphatic heterocycles. The maximum absolute atomic E-state index is 13.3. The zero-order chi connectivity index (χ0) is 20.9. The first-order chi connectivity index (χ1) is 13.8. The molecule has 0 unspecified atom stereocenters. The van der Waals surface area contributed by atoms with Crippen LogP contribution in [-0.2, 0) is 9.84 Å². The lowest BCUT2D eigenvalue weighted by molar-refractivity contribution is 0.102. The number of thioether (sulfide) groups is 1. The summed E-state index contributed by atoms with van der Waals surface area (Å²) >= 11 is 1.37. The Kier molecular flexibility index (Phi) is 6.71. The Labute approximate surface area is 174 Å². The molecular formula is C22H20FNO3S2. The monoisotopic (exact) mass is 429 g/mol. The number of carbonyl (C=O) groups is 1. The summed E-state index contributed by atoms with van der Waals surface area (Å²) in [6, 6.07) is 19.4. The van der Waals surface area contributed by atoms with Crippen LogP contribution in [0.2, 0.25) is 0 Å². The van der Waals surface area contributed by atoms with Crippen molar-refractivity contribution < 1.29 is 17.6 Å². The zero-order valence-electron chi connectivity index (χ0n) is 15.8. The minimum Gasteiger partial charge on any atom is -0.322 e. The highest BCUT2D eigenvalue weighted by Crippen LogP contribution is 2.22. The molecule has 0 aliphatic rings. The van der Waals surface area contributed by atoms with Gasteiger partial charge in [-0.3, -0.25) is 4.79 Å². The molecule has 0 bridgehead atoms. The first-order valence-corrected chi connectivity index (χ1v) is 11.6. The van der Waals surface area contributed by atoms with E-state index in [1.165, 1.54) is 30.0 Å². The lowest BCUT2D eigenvalue weighted by Crippen LogP contribution is -2.12. The molecule has 0 saturated heterocycles. The molecule has 3 aromatic rings. The number of carbonyl (C=O) groups excluding carboxylic acids is 1. The predicted molar refractivity (Wildman–Crippen MR) is 115 cm³/mol. The van der Waals surface area contributed by atoms with Crippen molar-refractivity contribution in [2.45, 2.75) is 16.7 Å². The smallest absolute Gasteiger partial charge is 0.255 e. The number of halogens is 1. The van der Waals surface area contributed by atoms with E-state index in [-0.39, 0.29) is 11.7 Å². The van der Waals surface area contributed by atoms with E-state index in [1.807, 2.05) is 13.0 Å². The van der Waals surface area contributed by atoms with Crippen molar-refractivity contribution in [2.24, 2.45) is 0 Å². The van der Waals surface area contributed by atoms with Gasteiger partial charge in [0.1, 0.15) is 5.82 Å². The highest BCUT2D eigenvalue weighted by molar-refractivity contribution is 8.00. The number of anilines is 1. The van der Waals surface area contributed by atoms with Gasteiger partial charge in [-0.05, 0) is 55.5 Å².